The van der Waals surface area contributed by atoms with Crippen LogP contribution in [0.4, 0.5) is 0 Å². The van der Waals surface area contributed by atoms with Gasteiger partial charge in [0.15, 0.2) is 6.04 Å². The standard InChI is InChI=1S/C21H14N2O3S2/c24-19-17(12-15-11-10-13-6-4-5-9-16(13)22-15)28-21(27)23(19)18(20(25)26)14-7-2-1-3-8-14/h1-12,18H,(H,25,26)/b17-12-/t18-/m1/s1. The molecule has 1 N–H and O–H groups in total. The Kier molecular flexibility index (Phi) is 4.93. The molecule has 1 saturated heterocycles. The highest BCUT2D eigenvalue weighted by Gasteiger charge is 2.41. The number of rotatable bonds is 4. The third-order valence-electron chi connectivity index (χ3n) is 4.33. The van der Waals surface area contributed by atoms with Crippen molar-refractivity contribution in [2.45, 2.75) is 6.04 Å². The fraction of sp³-hybridized carbons (Fsp3) is 0.0476. The van der Waals surface area contributed by atoms with Crippen LogP contribution in [0, 0.1) is 0 Å². The van der Waals surface area contributed by atoms with Crippen LogP contribution in [0.2, 0.25) is 0 Å². The monoisotopic (exact) mass is 406 g/mol. The average Bonchev–Trinajstić information content (AvgIpc) is 2.96. The summed E-state index contributed by atoms with van der Waals surface area (Å²) in [5.41, 5.74) is 1.93. The lowest BCUT2D eigenvalue weighted by molar-refractivity contribution is -0.145. The van der Waals surface area contributed by atoms with E-state index in [4.69, 9.17) is 12.2 Å². The molecule has 1 amide bonds. The Morgan fingerprint density at radius 3 is 2.54 bits per heavy atom. The SMILES string of the molecule is O=C(O)[C@@H](c1ccccc1)N1C(=O)/C(=C/c2ccc3ccccc3n2)SC1=S. The van der Waals surface area contributed by atoms with E-state index in [-0.39, 0.29) is 4.32 Å². The Bertz CT molecular complexity index is 1130. The summed E-state index contributed by atoms with van der Waals surface area (Å²) in [6, 6.07) is 18.9. The maximum atomic E-state index is 13.0. The lowest BCUT2D eigenvalue weighted by Crippen LogP contribution is -2.37. The first-order valence-corrected chi connectivity index (χ1v) is 9.68. The summed E-state index contributed by atoms with van der Waals surface area (Å²) in [4.78, 5) is 30.9. The van der Waals surface area contributed by atoms with E-state index in [1.165, 1.54) is 0 Å². The van der Waals surface area contributed by atoms with E-state index in [9.17, 15) is 14.7 Å². The number of benzene rings is 2. The molecular weight excluding hydrogens is 392 g/mol. The molecule has 4 rings (SSSR count). The molecule has 0 bridgehead atoms. The molecule has 2 aromatic carbocycles. The van der Waals surface area contributed by atoms with Crippen molar-refractivity contribution < 1.29 is 14.7 Å². The van der Waals surface area contributed by atoms with Gasteiger partial charge in [0.05, 0.1) is 16.1 Å². The molecule has 1 atom stereocenters. The van der Waals surface area contributed by atoms with Gasteiger partial charge in [-0.2, -0.15) is 0 Å². The highest BCUT2D eigenvalue weighted by Crippen LogP contribution is 2.38. The maximum Gasteiger partial charge on any atom is 0.331 e. The van der Waals surface area contributed by atoms with E-state index >= 15 is 0 Å². The molecule has 1 aliphatic rings. The van der Waals surface area contributed by atoms with Crippen molar-refractivity contribution in [2.75, 3.05) is 0 Å². The van der Waals surface area contributed by atoms with E-state index in [0.29, 0.717) is 16.2 Å². The van der Waals surface area contributed by atoms with Gasteiger partial charge in [-0.25, -0.2) is 9.78 Å². The number of thiocarbonyl (C=S) groups is 1. The second-order valence-electron chi connectivity index (χ2n) is 6.13. The molecule has 7 heteroatoms. The predicted molar refractivity (Wildman–Crippen MR) is 114 cm³/mol. The lowest BCUT2D eigenvalue weighted by Gasteiger charge is -2.23. The number of thioether (sulfide) groups is 1. The van der Waals surface area contributed by atoms with Gasteiger partial charge in [-0.3, -0.25) is 9.69 Å². The highest BCUT2D eigenvalue weighted by molar-refractivity contribution is 8.26. The van der Waals surface area contributed by atoms with Crippen LogP contribution in [0.5, 0.6) is 0 Å². The van der Waals surface area contributed by atoms with Gasteiger partial charge in [-0.05, 0) is 23.8 Å². The number of amides is 1. The van der Waals surface area contributed by atoms with E-state index in [0.717, 1.165) is 27.6 Å². The van der Waals surface area contributed by atoms with Gasteiger partial charge < -0.3 is 5.11 Å². The highest BCUT2D eigenvalue weighted by atomic mass is 32.2. The molecule has 138 valence electrons. The third-order valence-corrected chi connectivity index (χ3v) is 5.66. The normalized spacial score (nSPS) is 16.7. The number of carbonyl (C=O) groups is 2. The molecule has 5 nitrogen and oxygen atoms in total. The zero-order chi connectivity index (χ0) is 19.7. The van der Waals surface area contributed by atoms with Crippen LogP contribution in [0.1, 0.15) is 17.3 Å². The first-order chi connectivity index (χ1) is 13.5. The van der Waals surface area contributed by atoms with Gasteiger partial charge in [0.25, 0.3) is 5.91 Å². The lowest BCUT2D eigenvalue weighted by atomic mass is 10.1. The van der Waals surface area contributed by atoms with E-state index < -0.39 is 17.9 Å². The third kappa shape index (κ3) is 3.42. The summed E-state index contributed by atoms with van der Waals surface area (Å²) in [6.07, 6.45) is 1.65. The summed E-state index contributed by atoms with van der Waals surface area (Å²) in [6.45, 7) is 0. The molecule has 0 saturated carbocycles. The Hall–Kier alpha value is -3.03. The van der Waals surface area contributed by atoms with Gasteiger partial charge in [-0.1, -0.05) is 78.6 Å². The molecule has 0 aliphatic carbocycles. The van der Waals surface area contributed by atoms with Crippen LogP contribution in [0.25, 0.3) is 17.0 Å². The Morgan fingerprint density at radius 1 is 1.07 bits per heavy atom. The van der Waals surface area contributed by atoms with Gasteiger partial charge in [-0.15, -0.1) is 0 Å². The molecule has 1 fully saturated rings. The summed E-state index contributed by atoms with van der Waals surface area (Å²) < 4.78 is 0.216. The van der Waals surface area contributed by atoms with E-state index in [1.54, 1.807) is 36.4 Å². The molecule has 0 unspecified atom stereocenters. The number of aromatic nitrogens is 1. The van der Waals surface area contributed by atoms with E-state index in [1.807, 2.05) is 36.4 Å². The zero-order valence-electron chi connectivity index (χ0n) is 14.5. The van der Waals surface area contributed by atoms with Crippen LogP contribution in [-0.2, 0) is 9.59 Å². The number of carboxylic acid groups (broad SMARTS) is 1. The fourth-order valence-corrected chi connectivity index (χ4v) is 4.33. The summed E-state index contributed by atoms with van der Waals surface area (Å²) in [5.74, 6) is -1.56. The molecule has 0 radical (unpaired) electrons. The van der Waals surface area contributed by atoms with Crippen molar-refractivity contribution in [3.05, 3.63) is 82.9 Å². The minimum absolute atomic E-state index is 0.216. The van der Waals surface area contributed by atoms with Crippen molar-refractivity contribution in [2.24, 2.45) is 0 Å². The number of hydrogen-bond donors (Lipinski definition) is 1. The number of aliphatic carboxylic acids is 1. The molecular formula is C21H14N2O3S2. The number of pyridine rings is 1. The molecule has 0 spiro atoms. The van der Waals surface area contributed by atoms with Crippen LogP contribution in [0.3, 0.4) is 0 Å². The Labute approximate surface area is 170 Å². The Balaban J connectivity index is 1.69. The summed E-state index contributed by atoms with van der Waals surface area (Å²) in [7, 11) is 0. The van der Waals surface area contributed by atoms with Crippen LogP contribution >= 0.6 is 24.0 Å². The zero-order valence-corrected chi connectivity index (χ0v) is 16.1. The molecule has 1 aromatic heterocycles. The number of para-hydroxylation sites is 1. The van der Waals surface area contributed by atoms with Crippen LogP contribution in [0.15, 0.2) is 71.6 Å². The minimum Gasteiger partial charge on any atom is -0.479 e. The van der Waals surface area contributed by atoms with E-state index in [2.05, 4.69) is 4.98 Å². The molecule has 2 heterocycles. The topological polar surface area (TPSA) is 70.5 Å². The maximum absolute atomic E-state index is 13.0. The second-order valence-corrected chi connectivity index (χ2v) is 7.81. The van der Waals surface area contributed by atoms with Crippen LogP contribution in [-0.4, -0.2) is 31.2 Å². The van der Waals surface area contributed by atoms with Crippen molar-refractivity contribution in [1.82, 2.24) is 9.88 Å². The molecule has 1 aliphatic heterocycles. The number of carbonyl (C=O) groups excluding carboxylic acids is 1. The van der Waals surface area contributed by atoms with Crippen molar-refractivity contribution >= 4 is 57.2 Å². The Morgan fingerprint density at radius 2 is 1.79 bits per heavy atom. The number of nitrogens with zero attached hydrogens (tertiary/aromatic N) is 2. The minimum atomic E-state index is -1.16. The van der Waals surface area contributed by atoms with Gasteiger partial charge >= 0.3 is 5.97 Å². The molecule has 3 aromatic rings. The summed E-state index contributed by atoms with van der Waals surface area (Å²) in [5, 5.41) is 10.7. The number of carboxylic acids is 1. The number of hydrogen-bond acceptors (Lipinski definition) is 5. The van der Waals surface area contributed by atoms with Crippen molar-refractivity contribution in [3.8, 4) is 0 Å². The van der Waals surface area contributed by atoms with Gasteiger partial charge in [0, 0.05) is 5.39 Å². The van der Waals surface area contributed by atoms with Crippen molar-refractivity contribution in [3.63, 3.8) is 0 Å². The predicted octanol–water partition coefficient (Wildman–Crippen LogP) is 4.26. The first-order valence-electron chi connectivity index (χ1n) is 8.45. The summed E-state index contributed by atoms with van der Waals surface area (Å²) >= 11 is 6.41. The molecule has 28 heavy (non-hydrogen) atoms. The van der Waals surface area contributed by atoms with Crippen LogP contribution < -0.4 is 0 Å². The second kappa shape index (κ2) is 7.53. The smallest absolute Gasteiger partial charge is 0.331 e. The average molecular weight is 406 g/mol. The quantitative estimate of drug-likeness (QED) is 0.516. The first kappa shape index (κ1) is 18.3. The fourth-order valence-electron chi connectivity index (χ4n) is 3.04. The number of fused-ring (bicyclic) bond motifs is 1. The largest absolute Gasteiger partial charge is 0.479 e. The van der Waals surface area contributed by atoms with Gasteiger partial charge in [0.1, 0.15) is 4.32 Å². The van der Waals surface area contributed by atoms with Gasteiger partial charge in [0.2, 0.25) is 0 Å². The van der Waals surface area contributed by atoms with Crippen molar-refractivity contribution in [1.29, 1.82) is 0 Å².